The Morgan fingerprint density at radius 2 is 1.88 bits per heavy atom. The fraction of sp³-hybridized carbons (Fsp3) is 0.458. The summed E-state index contributed by atoms with van der Waals surface area (Å²) in [6, 6.07) is 13.0. The summed E-state index contributed by atoms with van der Waals surface area (Å²) in [7, 11) is 1.41. The number of nitrogens with zero attached hydrogens (tertiary/aromatic N) is 2. The van der Waals surface area contributed by atoms with Gasteiger partial charge in [0, 0.05) is 38.8 Å². The van der Waals surface area contributed by atoms with E-state index in [1.54, 1.807) is 12.1 Å². The van der Waals surface area contributed by atoms with E-state index < -0.39 is 0 Å². The lowest BCUT2D eigenvalue weighted by Gasteiger charge is -2.39. The number of rotatable bonds is 6. The molecule has 2 aliphatic heterocycles. The van der Waals surface area contributed by atoms with Crippen molar-refractivity contribution in [3.05, 3.63) is 58.1 Å². The Labute approximate surface area is 198 Å². The Balaban J connectivity index is 1.29. The van der Waals surface area contributed by atoms with E-state index in [1.165, 1.54) is 7.11 Å². The standard InChI is InChI=1S/C24H28Cl2N2O4/c1-30-24(29)20-4-2-3-5-23(20)28-12-13-31-19(16-28)15-27-10-8-17(9-11-27)32-18-6-7-21(25)22(26)14-18/h2-7,14,17,19H,8-13,15-16H2,1H3/t19-/m1/s1. The summed E-state index contributed by atoms with van der Waals surface area (Å²) in [5.41, 5.74) is 1.50. The largest absolute Gasteiger partial charge is 0.490 e. The number of hydrogen-bond acceptors (Lipinski definition) is 6. The number of methoxy groups -OCH3 is 1. The first-order valence-electron chi connectivity index (χ1n) is 10.9. The molecule has 0 bridgehead atoms. The number of likely N-dealkylation sites (tertiary alicyclic amines) is 1. The number of hydrogen-bond donors (Lipinski definition) is 0. The van der Waals surface area contributed by atoms with Crippen LogP contribution in [0.1, 0.15) is 23.2 Å². The van der Waals surface area contributed by atoms with Crippen LogP contribution in [-0.2, 0) is 9.47 Å². The number of para-hydroxylation sites is 1. The second kappa shape index (κ2) is 10.8. The molecule has 0 N–H and O–H groups in total. The van der Waals surface area contributed by atoms with Crippen LogP contribution >= 0.6 is 23.2 Å². The summed E-state index contributed by atoms with van der Waals surface area (Å²) >= 11 is 12.1. The van der Waals surface area contributed by atoms with Crippen molar-refractivity contribution in [2.75, 3.05) is 51.3 Å². The van der Waals surface area contributed by atoms with E-state index in [9.17, 15) is 4.79 Å². The van der Waals surface area contributed by atoms with Crippen molar-refractivity contribution < 1.29 is 19.0 Å². The van der Waals surface area contributed by atoms with Gasteiger partial charge in [0.1, 0.15) is 11.9 Å². The van der Waals surface area contributed by atoms with E-state index in [1.807, 2.05) is 30.3 Å². The van der Waals surface area contributed by atoms with Gasteiger partial charge in [0.25, 0.3) is 0 Å². The topological polar surface area (TPSA) is 51.2 Å². The quantitative estimate of drug-likeness (QED) is 0.568. The Bertz CT molecular complexity index is 934. The van der Waals surface area contributed by atoms with E-state index in [0.29, 0.717) is 22.2 Å². The molecule has 0 spiro atoms. The van der Waals surface area contributed by atoms with Crippen molar-refractivity contribution in [2.45, 2.75) is 25.0 Å². The molecule has 0 amide bonds. The highest BCUT2D eigenvalue weighted by molar-refractivity contribution is 6.42. The third-order valence-corrected chi connectivity index (χ3v) is 6.72. The first-order valence-corrected chi connectivity index (χ1v) is 11.7. The average molecular weight is 479 g/mol. The minimum absolute atomic E-state index is 0.0852. The molecule has 6 nitrogen and oxygen atoms in total. The molecule has 2 aromatic carbocycles. The zero-order chi connectivity index (χ0) is 22.5. The molecule has 2 heterocycles. The monoisotopic (exact) mass is 478 g/mol. The van der Waals surface area contributed by atoms with Crippen LogP contribution in [0.25, 0.3) is 0 Å². The fourth-order valence-electron chi connectivity index (χ4n) is 4.32. The van der Waals surface area contributed by atoms with E-state index in [0.717, 1.165) is 57.0 Å². The summed E-state index contributed by atoms with van der Waals surface area (Å²) in [5.74, 6) is 0.445. The maximum absolute atomic E-state index is 12.2. The smallest absolute Gasteiger partial charge is 0.339 e. The molecule has 8 heteroatoms. The van der Waals surface area contributed by atoms with Crippen LogP contribution in [0.4, 0.5) is 5.69 Å². The molecular formula is C24H28Cl2N2O4. The lowest BCUT2D eigenvalue weighted by Crippen LogP contribution is -2.50. The maximum Gasteiger partial charge on any atom is 0.339 e. The van der Waals surface area contributed by atoms with Crippen LogP contribution in [0.2, 0.25) is 10.0 Å². The second-order valence-corrected chi connectivity index (χ2v) is 8.96. The van der Waals surface area contributed by atoms with Crippen LogP contribution < -0.4 is 9.64 Å². The lowest BCUT2D eigenvalue weighted by molar-refractivity contribution is 0.00272. The van der Waals surface area contributed by atoms with Gasteiger partial charge in [0.05, 0.1) is 41.1 Å². The average Bonchev–Trinajstić information content (AvgIpc) is 2.82. The van der Waals surface area contributed by atoms with Gasteiger partial charge in [-0.15, -0.1) is 0 Å². The molecule has 0 saturated carbocycles. The fourth-order valence-corrected chi connectivity index (χ4v) is 4.61. The number of carbonyl (C=O) groups excluding carboxylic acids is 1. The van der Waals surface area contributed by atoms with Crippen molar-refractivity contribution in [3.8, 4) is 5.75 Å². The van der Waals surface area contributed by atoms with Gasteiger partial charge in [-0.25, -0.2) is 4.79 Å². The number of anilines is 1. The Hall–Kier alpha value is -1.99. The van der Waals surface area contributed by atoms with Crippen LogP contribution in [0, 0.1) is 0 Å². The highest BCUT2D eigenvalue weighted by Gasteiger charge is 2.28. The molecular weight excluding hydrogens is 451 g/mol. The van der Waals surface area contributed by atoms with E-state index >= 15 is 0 Å². The molecule has 2 fully saturated rings. The molecule has 2 aromatic rings. The highest BCUT2D eigenvalue weighted by atomic mass is 35.5. The van der Waals surface area contributed by atoms with Crippen LogP contribution in [0.3, 0.4) is 0 Å². The van der Waals surface area contributed by atoms with Gasteiger partial charge in [-0.05, 0) is 37.1 Å². The summed E-state index contributed by atoms with van der Waals surface area (Å²) in [4.78, 5) is 16.8. The van der Waals surface area contributed by atoms with Gasteiger partial charge in [-0.3, -0.25) is 0 Å². The number of esters is 1. The highest BCUT2D eigenvalue weighted by Crippen LogP contribution is 2.28. The molecule has 2 aliphatic rings. The molecule has 172 valence electrons. The molecule has 0 radical (unpaired) electrons. The Morgan fingerprint density at radius 1 is 1.09 bits per heavy atom. The third kappa shape index (κ3) is 5.67. The Kier molecular flexibility index (Phi) is 7.79. The number of halogens is 2. The van der Waals surface area contributed by atoms with Crippen molar-refractivity contribution >= 4 is 34.9 Å². The maximum atomic E-state index is 12.2. The first-order chi connectivity index (χ1) is 15.5. The zero-order valence-electron chi connectivity index (χ0n) is 18.1. The van der Waals surface area contributed by atoms with Crippen molar-refractivity contribution in [1.82, 2.24) is 4.90 Å². The number of ether oxygens (including phenoxy) is 3. The molecule has 1 atom stereocenters. The predicted octanol–water partition coefficient (Wildman–Crippen LogP) is 4.53. The second-order valence-electron chi connectivity index (χ2n) is 8.14. The van der Waals surface area contributed by atoms with Gasteiger partial charge in [0.2, 0.25) is 0 Å². The molecule has 0 unspecified atom stereocenters. The minimum Gasteiger partial charge on any atom is -0.490 e. The SMILES string of the molecule is COC(=O)c1ccccc1N1CCO[C@H](CN2CCC(Oc3ccc(Cl)c(Cl)c3)CC2)C1. The number of piperidine rings is 1. The van der Waals surface area contributed by atoms with Gasteiger partial charge < -0.3 is 24.0 Å². The predicted molar refractivity (Wildman–Crippen MR) is 126 cm³/mol. The normalized spacial score (nSPS) is 20.2. The summed E-state index contributed by atoms with van der Waals surface area (Å²) in [6.07, 6.45) is 2.14. The summed E-state index contributed by atoms with van der Waals surface area (Å²) < 4.78 is 17.1. The van der Waals surface area contributed by atoms with E-state index in [2.05, 4.69) is 9.80 Å². The lowest BCUT2D eigenvalue weighted by atomic mass is 10.1. The minimum atomic E-state index is -0.312. The van der Waals surface area contributed by atoms with Crippen molar-refractivity contribution in [2.24, 2.45) is 0 Å². The number of carbonyl (C=O) groups is 1. The van der Waals surface area contributed by atoms with Gasteiger partial charge in [-0.1, -0.05) is 35.3 Å². The summed E-state index contributed by atoms with van der Waals surface area (Å²) in [6.45, 7) is 4.89. The third-order valence-electron chi connectivity index (χ3n) is 5.98. The molecule has 4 rings (SSSR count). The van der Waals surface area contributed by atoms with E-state index in [4.69, 9.17) is 37.4 Å². The van der Waals surface area contributed by atoms with Crippen LogP contribution in [0.15, 0.2) is 42.5 Å². The van der Waals surface area contributed by atoms with Gasteiger partial charge >= 0.3 is 5.97 Å². The van der Waals surface area contributed by atoms with Crippen molar-refractivity contribution in [1.29, 1.82) is 0 Å². The van der Waals surface area contributed by atoms with Gasteiger partial charge in [0.15, 0.2) is 0 Å². The zero-order valence-corrected chi connectivity index (χ0v) is 19.6. The molecule has 32 heavy (non-hydrogen) atoms. The molecule has 2 saturated heterocycles. The van der Waals surface area contributed by atoms with E-state index in [-0.39, 0.29) is 18.2 Å². The molecule has 0 aromatic heterocycles. The first kappa shape index (κ1) is 23.2. The van der Waals surface area contributed by atoms with Crippen LogP contribution in [-0.4, -0.2) is 69.5 Å². The number of benzene rings is 2. The molecule has 0 aliphatic carbocycles. The van der Waals surface area contributed by atoms with Crippen molar-refractivity contribution in [3.63, 3.8) is 0 Å². The Morgan fingerprint density at radius 3 is 2.62 bits per heavy atom. The van der Waals surface area contributed by atoms with Gasteiger partial charge in [-0.2, -0.15) is 0 Å². The number of morpholine rings is 1. The summed E-state index contributed by atoms with van der Waals surface area (Å²) in [5, 5.41) is 1.04. The van der Waals surface area contributed by atoms with Crippen LogP contribution in [0.5, 0.6) is 5.75 Å².